The van der Waals surface area contributed by atoms with Crippen LogP contribution in [-0.4, -0.2) is 109 Å². The third-order valence-corrected chi connectivity index (χ3v) is 14.6. The Labute approximate surface area is 462 Å². The number of benzene rings is 6. The molecule has 14 heteroatoms. The zero-order chi connectivity index (χ0) is 56.1. The molecule has 0 heterocycles. The molecule has 0 unspecified atom stereocenters. The summed E-state index contributed by atoms with van der Waals surface area (Å²) in [6, 6.07) is 29.8. The number of aliphatic hydroxyl groups excluding tert-OH is 2. The standard InChI is InChI=1S/C64H82O14/c1-67-53-32-45(33-54(68-2)61(53)75-9)19-15-41-24-42(16-20-46-34-55(69-3)62(76-10)56(35-46)70-4)27-49(26-41)30-51(14-13-23-65)52(40-66)31-50-28-43(17-21-47-36-57(71-5)63(77-11)58(37-47)72-6)25-44(29-50)18-22-48-38-59(73-7)64(78-12)60(39-48)74-8/h24-29,32-39,51-52,65-66H,13-23,30-31,40H2,1-12H3/t51-,52+/m0/s1. The molecule has 0 aliphatic heterocycles. The van der Waals surface area contributed by atoms with Gasteiger partial charge in [0.1, 0.15) is 0 Å². The van der Waals surface area contributed by atoms with E-state index in [0.717, 1.165) is 92.0 Å². The average molecular weight is 1080 g/mol. The predicted octanol–water partition coefficient (Wildman–Crippen LogP) is 10.7. The van der Waals surface area contributed by atoms with Gasteiger partial charge in [-0.1, -0.05) is 36.4 Å². The maximum absolute atomic E-state index is 11.4. The van der Waals surface area contributed by atoms with E-state index in [4.69, 9.17) is 56.8 Å². The van der Waals surface area contributed by atoms with Crippen LogP contribution in [0.1, 0.15) is 68.5 Å². The van der Waals surface area contributed by atoms with Crippen molar-refractivity contribution in [3.05, 3.63) is 141 Å². The zero-order valence-corrected chi connectivity index (χ0v) is 47.9. The molecular weight excluding hydrogens is 993 g/mol. The van der Waals surface area contributed by atoms with Crippen molar-refractivity contribution in [2.24, 2.45) is 11.8 Å². The molecule has 0 aliphatic carbocycles. The lowest BCUT2D eigenvalue weighted by Gasteiger charge is -2.27. The van der Waals surface area contributed by atoms with Crippen LogP contribution in [0.15, 0.2) is 84.9 Å². The monoisotopic (exact) mass is 1070 g/mol. The third-order valence-electron chi connectivity index (χ3n) is 14.6. The average Bonchev–Trinajstić information content (AvgIpc) is 3.49. The molecule has 0 fully saturated rings. The van der Waals surface area contributed by atoms with E-state index < -0.39 is 0 Å². The molecule has 0 bridgehead atoms. The van der Waals surface area contributed by atoms with E-state index in [0.29, 0.717) is 81.8 Å². The maximum atomic E-state index is 11.4. The zero-order valence-electron chi connectivity index (χ0n) is 47.9. The van der Waals surface area contributed by atoms with E-state index in [2.05, 4.69) is 36.4 Å². The van der Waals surface area contributed by atoms with E-state index in [-0.39, 0.29) is 25.0 Å². The Hall–Kier alpha value is -7.16. The van der Waals surface area contributed by atoms with Gasteiger partial charge in [-0.3, -0.25) is 0 Å². The Morgan fingerprint density at radius 3 is 0.667 bits per heavy atom. The number of ether oxygens (including phenoxy) is 12. The topological polar surface area (TPSA) is 151 Å². The van der Waals surface area contributed by atoms with Crippen LogP contribution in [0.2, 0.25) is 0 Å². The Balaban J connectivity index is 1.35. The molecule has 14 nitrogen and oxygen atoms in total. The van der Waals surface area contributed by atoms with Crippen LogP contribution in [0.3, 0.4) is 0 Å². The van der Waals surface area contributed by atoms with Crippen molar-refractivity contribution in [2.75, 3.05) is 98.5 Å². The fourth-order valence-corrected chi connectivity index (χ4v) is 10.6. The molecule has 0 amide bonds. The van der Waals surface area contributed by atoms with E-state index in [9.17, 15) is 10.2 Å². The second kappa shape index (κ2) is 30.1. The third kappa shape index (κ3) is 15.5. The lowest BCUT2D eigenvalue weighted by molar-refractivity contribution is 0.158. The summed E-state index contributed by atoms with van der Waals surface area (Å²) >= 11 is 0. The molecule has 0 radical (unpaired) electrons. The fourth-order valence-electron chi connectivity index (χ4n) is 10.6. The lowest BCUT2D eigenvalue weighted by Crippen LogP contribution is -2.24. The molecule has 6 rings (SSSR count). The van der Waals surface area contributed by atoms with E-state index in [1.54, 1.807) is 85.3 Å². The maximum Gasteiger partial charge on any atom is 0.203 e. The van der Waals surface area contributed by atoms with Gasteiger partial charge in [0.15, 0.2) is 46.0 Å². The van der Waals surface area contributed by atoms with Crippen LogP contribution < -0.4 is 56.8 Å². The molecule has 422 valence electrons. The second-order valence-electron chi connectivity index (χ2n) is 19.4. The number of methoxy groups -OCH3 is 12. The molecule has 0 aliphatic rings. The first-order valence-corrected chi connectivity index (χ1v) is 26.6. The number of aliphatic hydroxyl groups is 2. The van der Waals surface area contributed by atoms with E-state index in [1.165, 1.54) is 27.8 Å². The van der Waals surface area contributed by atoms with Crippen molar-refractivity contribution >= 4 is 0 Å². The molecular formula is C64H82O14. The van der Waals surface area contributed by atoms with Crippen LogP contribution in [0, 0.1) is 11.8 Å². The minimum atomic E-state index is -0.101. The number of hydrogen-bond donors (Lipinski definition) is 2. The SMILES string of the molecule is COc1cc(CCc2cc(CCc3cc(OC)c(OC)c(OC)c3)cc(C[C@H](CO)[C@@H](CCCO)Cc3cc(CCc4cc(OC)c(OC)c(OC)c4)cc(CCc4cc(OC)c(OC)c(OC)c4)c3)c2)cc(OC)c1OC. The highest BCUT2D eigenvalue weighted by Crippen LogP contribution is 2.42. The second-order valence-corrected chi connectivity index (χ2v) is 19.4. The molecule has 0 saturated carbocycles. The molecule has 0 spiro atoms. The first kappa shape index (κ1) is 60.1. The summed E-state index contributed by atoms with van der Waals surface area (Å²) in [5.74, 6) is 7.08. The summed E-state index contributed by atoms with van der Waals surface area (Å²) in [4.78, 5) is 0. The molecule has 6 aromatic rings. The van der Waals surface area contributed by atoms with Crippen molar-refractivity contribution in [2.45, 2.75) is 77.0 Å². The Morgan fingerprint density at radius 2 is 0.474 bits per heavy atom. The van der Waals surface area contributed by atoms with Gasteiger partial charge >= 0.3 is 0 Å². The normalized spacial score (nSPS) is 11.8. The van der Waals surface area contributed by atoms with Crippen molar-refractivity contribution in [3.63, 3.8) is 0 Å². The molecule has 2 N–H and O–H groups in total. The Bertz CT molecular complexity index is 2590. The van der Waals surface area contributed by atoms with Gasteiger partial charge < -0.3 is 67.1 Å². The quantitative estimate of drug-likeness (QED) is 0.0402. The number of aryl methyl sites for hydroxylation is 8. The summed E-state index contributed by atoms with van der Waals surface area (Å²) < 4.78 is 68.1. The minimum absolute atomic E-state index is 0.0125. The largest absolute Gasteiger partial charge is 0.493 e. The fraction of sp³-hybridized carbons (Fsp3) is 0.438. The van der Waals surface area contributed by atoms with Crippen LogP contribution in [0.5, 0.6) is 69.0 Å². The van der Waals surface area contributed by atoms with Crippen LogP contribution in [0.4, 0.5) is 0 Å². The summed E-state index contributed by atoms with van der Waals surface area (Å²) in [6.45, 7) is 0.0480. The molecule has 0 aromatic heterocycles. The van der Waals surface area contributed by atoms with Gasteiger partial charge in [-0.25, -0.2) is 0 Å². The molecule has 6 aromatic carbocycles. The van der Waals surface area contributed by atoms with Crippen molar-refractivity contribution in [1.29, 1.82) is 0 Å². The highest BCUT2D eigenvalue weighted by Gasteiger charge is 2.24. The first-order chi connectivity index (χ1) is 37.9. The summed E-state index contributed by atoms with van der Waals surface area (Å²) in [5.41, 5.74) is 11.3. The molecule has 78 heavy (non-hydrogen) atoms. The van der Waals surface area contributed by atoms with Gasteiger partial charge in [0.2, 0.25) is 23.0 Å². The van der Waals surface area contributed by atoms with Crippen molar-refractivity contribution in [1.82, 2.24) is 0 Å². The summed E-state index contributed by atoms with van der Waals surface area (Å²) in [6.07, 6.45) is 8.68. The van der Waals surface area contributed by atoms with E-state index in [1.807, 2.05) is 48.5 Å². The lowest BCUT2D eigenvalue weighted by atomic mass is 9.79. The van der Waals surface area contributed by atoms with Crippen molar-refractivity contribution < 1.29 is 67.1 Å². The first-order valence-electron chi connectivity index (χ1n) is 26.6. The highest BCUT2D eigenvalue weighted by molar-refractivity contribution is 5.57. The van der Waals surface area contributed by atoms with Gasteiger partial charge in [-0.2, -0.15) is 0 Å². The number of rotatable bonds is 33. The van der Waals surface area contributed by atoms with E-state index >= 15 is 0 Å². The molecule has 2 atom stereocenters. The van der Waals surface area contributed by atoms with Crippen LogP contribution in [0.25, 0.3) is 0 Å². The van der Waals surface area contributed by atoms with Gasteiger partial charge in [-0.15, -0.1) is 0 Å². The smallest absolute Gasteiger partial charge is 0.203 e. The van der Waals surface area contributed by atoms with Crippen LogP contribution in [-0.2, 0) is 64.2 Å². The van der Waals surface area contributed by atoms with Gasteiger partial charge in [0.05, 0.1) is 85.3 Å². The summed E-state index contributed by atoms with van der Waals surface area (Å²) in [7, 11) is 19.5. The van der Waals surface area contributed by atoms with Gasteiger partial charge in [0, 0.05) is 13.2 Å². The predicted molar refractivity (Wildman–Crippen MR) is 305 cm³/mol. The highest BCUT2D eigenvalue weighted by atomic mass is 16.5. The van der Waals surface area contributed by atoms with Crippen LogP contribution >= 0.6 is 0 Å². The van der Waals surface area contributed by atoms with Crippen molar-refractivity contribution in [3.8, 4) is 69.0 Å². The Morgan fingerprint density at radius 1 is 0.269 bits per heavy atom. The summed E-state index contributed by atoms with van der Waals surface area (Å²) in [5, 5.41) is 21.7. The number of hydrogen-bond acceptors (Lipinski definition) is 14. The molecule has 0 saturated heterocycles. The Kier molecular flexibility index (Phi) is 23.2. The minimum Gasteiger partial charge on any atom is -0.493 e. The van der Waals surface area contributed by atoms with Gasteiger partial charge in [-0.05, 0) is 193 Å². The van der Waals surface area contributed by atoms with Gasteiger partial charge in [0.25, 0.3) is 0 Å².